The van der Waals surface area contributed by atoms with Crippen molar-refractivity contribution in [3.63, 3.8) is 0 Å². The van der Waals surface area contributed by atoms with Crippen LogP contribution in [0.4, 0.5) is 17.1 Å². The monoisotopic (exact) mass is 442 g/mol. The standard InChI is InChI=1S/C30H26N4/c1-21-26(17-18-29(31-21)33-20-19-25(32-33)22-11-5-4-6-12-22)34-27-15-9-7-13-23(27)30(2,3)24-14-8-10-16-28(24)34/h4-20H,1-3H3. The molecule has 166 valence electrons. The zero-order valence-electron chi connectivity index (χ0n) is 19.6. The molecule has 6 rings (SSSR count). The fraction of sp³-hybridized carbons (Fsp3) is 0.133. The first-order valence-corrected chi connectivity index (χ1v) is 11.6. The second-order valence-electron chi connectivity index (χ2n) is 9.28. The van der Waals surface area contributed by atoms with E-state index in [-0.39, 0.29) is 5.41 Å². The first kappa shape index (κ1) is 20.4. The highest BCUT2D eigenvalue weighted by Crippen LogP contribution is 2.51. The third-order valence-corrected chi connectivity index (χ3v) is 6.81. The van der Waals surface area contributed by atoms with Crippen molar-refractivity contribution in [3.05, 3.63) is 120 Å². The number of fused-ring (bicyclic) bond motifs is 2. The summed E-state index contributed by atoms with van der Waals surface area (Å²) in [5.41, 5.74) is 9.03. The number of para-hydroxylation sites is 2. The molecular weight excluding hydrogens is 416 g/mol. The van der Waals surface area contributed by atoms with Crippen LogP contribution in [-0.4, -0.2) is 14.8 Å². The molecule has 0 fully saturated rings. The summed E-state index contributed by atoms with van der Waals surface area (Å²) in [6.07, 6.45) is 1.97. The summed E-state index contributed by atoms with van der Waals surface area (Å²) in [4.78, 5) is 7.31. The lowest BCUT2D eigenvalue weighted by molar-refractivity contribution is 0.631. The van der Waals surface area contributed by atoms with E-state index in [0.717, 1.165) is 28.5 Å². The SMILES string of the molecule is Cc1nc(-n2ccc(-c3ccccc3)n2)ccc1N1c2ccccc2C(C)(C)c2ccccc21. The van der Waals surface area contributed by atoms with Crippen LogP contribution in [0.25, 0.3) is 17.1 Å². The van der Waals surface area contributed by atoms with Crippen molar-refractivity contribution < 1.29 is 0 Å². The molecule has 3 aromatic carbocycles. The minimum atomic E-state index is -0.0755. The molecular formula is C30H26N4. The molecule has 0 N–H and O–H groups in total. The Morgan fingerprint density at radius 2 is 1.26 bits per heavy atom. The predicted molar refractivity (Wildman–Crippen MR) is 138 cm³/mol. The fourth-order valence-corrected chi connectivity index (χ4v) is 5.05. The fourth-order valence-electron chi connectivity index (χ4n) is 5.05. The topological polar surface area (TPSA) is 34.0 Å². The molecule has 3 heterocycles. The van der Waals surface area contributed by atoms with E-state index in [4.69, 9.17) is 10.1 Å². The second-order valence-corrected chi connectivity index (χ2v) is 9.28. The largest absolute Gasteiger partial charge is 0.308 e. The average molecular weight is 443 g/mol. The number of aryl methyl sites for hydroxylation is 1. The Kier molecular flexibility index (Phi) is 4.63. The molecule has 4 nitrogen and oxygen atoms in total. The zero-order chi connectivity index (χ0) is 23.3. The van der Waals surface area contributed by atoms with E-state index in [1.54, 1.807) is 0 Å². The first-order chi connectivity index (χ1) is 16.5. The number of hydrogen-bond donors (Lipinski definition) is 0. The molecule has 5 aromatic rings. The third kappa shape index (κ3) is 3.14. The van der Waals surface area contributed by atoms with Crippen LogP contribution in [0.3, 0.4) is 0 Å². The molecule has 1 aliphatic heterocycles. The summed E-state index contributed by atoms with van der Waals surface area (Å²) in [6.45, 7) is 6.68. The van der Waals surface area contributed by atoms with Gasteiger partial charge in [0.25, 0.3) is 0 Å². The molecule has 2 aromatic heterocycles. The molecule has 0 atom stereocenters. The molecule has 0 amide bonds. The number of hydrogen-bond acceptors (Lipinski definition) is 3. The van der Waals surface area contributed by atoms with Gasteiger partial charge >= 0.3 is 0 Å². The van der Waals surface area contributed by atoms with Gasteiger partial charge in [-0.05, 0) is 48.4 Å². The third-order valence-electron chi connectivity index (χ3n) is 6.81. The Bertz CT molecular complexity index is 1450. The summed E-state index contributed by atoms with van der Waals surface area (Å²) in [5, 5.41) is 4.77. The first-order valence-electron chi connectivity index (χ1n) is 11.6. The molecule has 1 aliphatic rings. The summed E-state index contributed by atoms with van der Waals surface area (Å²) in [7, 11) is 0. The van der Waals surface area contributed by atoms with E-state index >= 15 is 0 Å². The van der Waals surface area contributed by atoms with Crippen LogP contribution < -0.4 is 4.90 Å². The molecule has 0 saturated carbocycles. The summed E-state index contributed by atoms with van der Waals surface area (Å²) < 4.78 is 1.85. The van der Waals surface area contributed by atoms with Gasteiger partial charge in [0.05, 0.1) is 28.5 Å². The quantitative estimate of drug-likeness (QED) is 0.293. The molecule has 0 spiro atoms. The average Bonchev–Trinajstić information content (AvgIpc) is 3.36. The Morgan fingerprint density at radius 1 is 0.647 bits per heavy atom. The number of pyridine rings is 1. The van der Waals surface area contributed by atoms with Crippen molar-refractivity contribution >= 4 is 17.1 Å². The van der Waals surface area contributed by atoms with Gasteiger partial charge < -0.3 is 4.90 Å². The minimum absolute atomic E-state index is 0.0755. The maximum atomic E-state index is 4.97. The molecule has 34 heavy (non-hydrogen) atoms. The van der Waals surface area contributed by atoms with E-state index in [0.29, 0.717) is 0 Å². The van der Waals surface area contributed by atoms with Gasteiger partial charge in [-0.3, -0.25) is 0 Å². The highest BCUT2D eigenvalue weighted by atomic mass is 15.3. The van der Waals surface area contributed by atoms with E-state index in [9.17, 15) is 0 Å². The van der Waals surface area contributed by atoms with Crippen LogP contribution in [-0.2, 0) is 5.41 Å². The van der Waals surface area contributed by atoms with Gasteiger partial charge in [0.15, 0.2) is 5.82 Å². The smallest absolute Gasteiger partial charge is 0.153 e. The van der Waals surface area contributed by atoms with Gasteiger partial charge in [-0.15, -0.1) is 0 Å². The van der Waals surface area contributed by atoms with Gasteiger partial charge in [-0.1, -0.05) is 80.6 Å². The van der Waals surface area contributed by atoms with Crippen LogP contribution in [0.15, 0.2) is 103 Å². The lowest BCUT2D eigenvalue weighted by Gasteiger charge is -2.42. The highest BCUT2D eigenvalue weighted by molar-refractivity contribution is 5.86. The maximum Gasteiger partial charge on any atom is 0.153 e. The molecule has 0 saturated heterocycles. The van der Waals surface area contributed by atoms with Crippen LogP contribution in [0.5, 0.6) is 0 Å². The number of aromatic nitrogens is 3. The lowest BCUT2D eigenvalue weighted by Crippen LogP contribution is -2.30. The number of anilines is 3. The molecule has 4 heteroatoms. The van der Waals surface area contributed by atoms with E-state index < -0.39 is 0 Å². The number of nitrogens with zero attached hydrogens (tertiary/aromatic N) is 4. The molecule has 0 aliphatic carbocycles. The molecule has 0 radical (unpaired) electrons. The van der Waals surface area contributed by atoms with Gasteiger partial charge in [0.1, 0.15) is 0 Å². The zero-order valence-corrected chi connectivity index (χ0v) is 19.6. The number of benzene rings is 3. The maximum absolute atomic E-state index is 4.97. The van der Waals surface area contributed by atoms with Crippen molar-refractivity contribution in [3.8, 4) is 17.1 Å². The Hall–Kier alpha value is -4.18. The van der Waals surface area contributed by atoms with Gasteiger partial charge in [0, 0.05) is 17.2 Å². The number of rotatable bonds is 3. The van der Waals surface area contributed by atoms with Crippen LogP contribution in [0.2, 0.25) is 0 Å². The Morgan fingerprint density at radius 3 is 1.91 bits per heavy atom. The summed E-state index contributed by atoms with van der Waals surface area (Å²) in [5.74, 6) is 0.808. The van der Waals surface area contributed by atoms with Crippen molar-refractivity contribution in [2.75, 3.05) is 4.90 Å². The predicted octanol–water partition coefficient (Wildman–Crippen LogP) is 7.35. The van der Waals surface area contributed by atoms with Gasteiger partial charge in [-0.2, -0.15) is 5.10 Å². The molecule has 0 bridgehead atoms. The molecule has 0 unspecified atom stereocenters. The highest BCUT2D eigenvalue weighted by Gasteiger charge is 2.36. The Labute approximate surface area is 200 Å². The van der Waals surface area contributed by atoms with Gasteiger partial charge in [-0.25, -0.2) is 9.67 Å². The van der Waals surface area contributed by atoms with Crippen LogP contribution >= 0.6 is 0 Å². The van der Waals surface area contributed by atoms with E-state index in [2.05, 4.69) is 98.5 Å². The van der Waals surface area contributed by atoms with Crippen molar-refractivity contribution in [1.29, 1.82) is 0 Å². The van der Waals surface area contributed by atoms with Crippen molar-refractivity contribution in [1.82, 2.24) is 14.8 Å². The summed E-state index contributed by atoms with van der Waals surface area (Å²) >= 11 is 0. The second kappa shape index (κ2) is 7.70. The minimum Gasteiger partial charge on any atom is -0.308 e. The lowest BCUT2D eigenvalue weighted by atomic mass is 9.73. The van der Waals surface area contributed by atoms with Crippen molar-refractivity contribution in [2.45, 2.75) is 26.2 Å². The van der Waals surface area contributed by atoms with E-state index in [1.165, 1.54) is 22.5 Å². The normalized spacial score (nSPS) is 13.9. The van der Waals surface area contributed by atoms with Gasteiger partial charge in [0.2, 0.25) is 0 Å². The van der Waals surface area contributed by atoms with Crippen LogP contribution in [0, 0.1) is 6.92 Å². The van der Waals surface area contributed by atoms with E-state index in [1.807, 2.05) is 35.1 Å². The van der Waals surface area contributed by atoms with Crippen LogP contribution in [0.1, 0.15) is 30.7 Å². The Balaban J connectivity index is 1.45. The summed E-state index contributed by atoms with van der Waals surface area (Å²) in [6, 6.07) is 33.8. The van der Waals surface area contributed by atoms with Crippen molar-refractivity contribution in [2.24, 2.45) is 0 Å².